The number of fused-ring (bicyclic) bond motifs is 8. The van der Waals surface area contributed by atoms with Gasteiger partial charge in [-0.15, -0.1) is 0 Å². The zero-order chi connectivity index (χ0) is 18.3. The number of carbonyl (C=O) groups is 2. The lowest BCUT2D eigenvalue weighted by atomic mass is 9.85. The lowest BCUT2D eigenvalue weighted by molar-refractivity contribution is -0.123. The molecule has 4 heteroatoms. The van der Waals surface area contributed by atoms with Crippen LogP contribution in [0.1, 0.15) is 13.3 Å². The van der Waals surface area contributed by atoms with Crippen LogP contribution in [0.5, 0.6) is 0 Å². The first-order valence-electron chi connectivity index (χ1n) is 9.76. The minimum atomic E-state index is -0.153. The van der Waals surface area contributed by atoms with E-state index >= 15 is 0 Å². The molecular formula is C23H20N2O2. The SMILES string of the molecule is CCn1c2ccccc2c2cc(N3C(=O)[C@H]4[C@H](C3=O)[C@H]3C=C[C@H]4C3)ccc21. The molecule has 0 radical (unpaired) electrons. The third kappa shape index (κ3) is 1.78. The molecule has 27 heavy (non-hydrogen) atoms. The van der Waals surface area contributed by atoms with E-state index in [0.29, 0.717) is 5.69 Å². The van der Waals surface area contributed by atoms with Gasteiger partial charge < -0.3 is 4.57 Å². The topological polar surface area (TPSA) is 42.3 Å². The van der Waals surface area contributed by atoms with Crippen LogP contribution in [0.4, 0.5) is 5.69 Å². The van der Waals surface area contributed by atoms with Gasteiger partial charge >= 0.3 is 0 Å². The number of para-hydroxylation sites is 1. The summed E-state index contributed by atoms with van der Waals surface area (Å²) in [7, 11) is 0. The summed E-state index contributed by atoms with van der Waals surface area (Å²) in [5.41, 5.74) is 3.04. The molecule has 0 N–H and O–H groups in total. The molecule has 2 bridgehead atoms. The Morgan fingerprint density at radius 3 is 2.26 bits per heavy atom. The summed E-state index contributed by atoms with van der Waals surface area (Å²) in [5, 5.41) is 2.26. The number of rotatable bonds is 2. The van der Waals surface area contributed by atoms with E-state index in [1.807, 2.05) is 24.3 Å². The van der Waals surface area contributed by atoms with Gasteiger partial charge in [0, 0.05) is 28.4 Å². The Hall–Kier alpha value is -2.88. The Morgan fingerprint density at radius 1 is 0.889 bits per heavy atom. The molecule has 2 aliphatic carbocycles. The number of hydrogen-bond donors (Lipinski definition) is 0. The number of carbonyl (C=O) groups excluding carboxylic acids is 2. The van der Waals surface area contributed by atoms with E-state index in [1.165, 1.54) is 10.4 Å². The molecule has 1 saturated carbocycles. The molecule has 134 valence electrons. The summed E-state index contributed by atoms with van der Waals surface area (Å²) in [6.07, 6.45) is 5.24. The molecule has 1 saturated heterocycles. The molecule has 6 rings (SSSR count). The summed E-state index contributed by atoms with van der Waals surface area (Å²) >= 11 is 0. The fourth-order valence-corrected chi connectivity index (χ4v) is 5.68. The third-order valence-corrected chi connectivity index (χ3v) is 6.80. The maximum Gasteiger partial charge on any atom is 0.238 e. The van der Waals surface area contributed by atoms with Gasteiger partial charge in [0.1, 0.15) is 0 Å². The number of benzene rings is 2. The smallest absolute Gasteiger partial charge is 0.238 e. The van der Waals surface area contributed by atoms with E-state index in [1.54, 1.807) is 0 Å². The van der Waals surface area contributed by atoms with Crippen LogP contribution in [0.15, 0.2) is 54.6 Å². The highest BCUT2D eigenvalue weighted by atomic mass is 16.2. The van der Waals surface area contributed by atoms with Gasteiger partial charge in [-0.25, -0.2) is 4.90 Å². The molecule has 4 nitrogen and oxygen atoms in total. The van der Waals surface area contributed by atoms with Gasteiger partial charge in [-0.3, -0.25) is 9.59 Å². The zero-order valence-corrected chi connectivity index (χ0v) is 15.1. The zero-order valence-electron chi connectivity index (χ0n) is 15.1. The molecule has 3 aromatic rings. The van der Waals surface area contributed by atoms with E-state index in [0.717, 1.165) is 29.3 Å². The van der Waals surface area contributed by atoms with Crippen LogP contribution < -0.4 is 4.90 Å². The second-order valence-corrected chi connectivity index (χ2v) is 7.97. The van der Waals surface area contributed by atoms with Gasteiger partial charge in [0.25, 0.3) is 0 Å². The van der Waals surface area contributed by atoms with Crippen molar-refractivity contribution >= 4 is 39.3 Å². The molecule has 2 heterocycles. The van der Waals surface area contributed by atoms with Gasteiger partial charge in [0.15, 0.2) is 0 Å². The predicted octanol–water partition coefficient (Wildman–Crippen LogP) is 4.13. The molecule has 3 aliphatic rings. The standard InChI is InChI=1S/C23H20N2O2/c1-2-24-18-6-4-3-5-16(18)17-12-15(9-10-19(17)24)25-22(26)20-13-7-8-14(11-13)21(20)23(25)27/h3-10,12-14,20-21H,2,11H2,1H3/t13-,14-,20+,21+/m0/s1. The summed E-state index contributed by atoms with van der Waals surface area (Å²) in [6, 6.07) is 14.3. The van der Waals surface area contributed by atoms with E-state index in [4.69, 9.17) is 0 Å². The van der Waals surface area contributed by atoms with Crippen molar-refractivity contribution in [2.45, 2.75) is 19.9 Å². The highest BCUT2D eigenvalue weighted by Gasteiger charge is 2.59. The summed E-state index contributed by atoms with van der Waals surface area (Å²) in [4.78, 5) is 27.7. The molecule has 1 aliphatic heterocycles. The minimum Gasteiger partial charge on any atom is -0.341 e. The molecule has 0 unspecified atom stereocenters. The monoisotopic (exact) mass is 356 g/mol. The van der Waals surface area contributed by atoms with E-state index in [9.17, 15) is 9.59 Å². The Bertz CT molecular complexity index is 1140. The molecular weight excluding hydrogens is 336 g/mol. The van der Waals surface area contributed by atoms with Crippen LogP contribution in [-0.2, 0) is 16.1 Å². The fraction of sp³-hybridized carbons (Fsp3) is 0.304. The van der Waals surface area contributed by atoms with Gasteiger partial charge in [0.2, 0.25) is 11.8 Å². The first-order valence-corrected chi connectivity index (χ1v) is 9.76. The van der Waals surface area contributed by atoms with Gasteiger partial charge in [0.05, 0.1) is 17.5 Å². The number of allylic oxidation sites excluding steroid dienone is 2. The van der Waals surface area contributed by atoms with Crippen molar-refractivity contribution in [2.75, 3.05) is 4.90 Å². The highest BCUT2D eigenvalue weighted by Crippen LogP contribution is 2.53. The Labute approximate surface area is 157 Å². The lowest BCUT2D eigenvalue weighted by Crippen LogP contribution is -2.32. The van der Waals surface area contributed by atoms with Crippen LogP contribution in [0, 0.1) is 23.7 Å². The molecule has 2 amide bonds. The van der Waals surface area contributed by atoms with Crippen molar-refractivity contribution in [2.24, 2.45) is 23.7 Å². The molecule has 2 fully saturated rings. The minimum absolute atomic E-state index is 0.0135. The second-order valence-electron chi connectivity index (χ2n) is 7.97. The molecule has 1 aromatic heterocycles. The van der Waals surface area contributed by atoms with Crippen LogP contribution in [-0.4, -0.2) is 16.4 Å². The Kier molecular flexibility index (Phi) is 2.87. The number of anilines is 1. The van der Waals surface area contributed by atoms with Crippen LogP contribution >= 0.6 is 0 Å². The maximum atomic E-state index is 13.1. The first kappa shape index (κ1) is 15.2. The van der Waals surface area contributed by atoms with Gasteiger partial charge in [-0.1, -0.05) is 30.4 Å². The number of amides is 2. The lowest BCUT2D eigenvalue weighted by Gasteiger charge is -2.17. The third-order valence-electron chi connectivity index (χ3n) is 6.80. The molecule has 0 spiro atoms. The largest absolute Gasteiger partial charge is 0.341 e. The number of aryl methyl sites for hydroxylation is 1. The number of hydrogen-bond acceptors (Lipinski definition) is 2. The average molecular weight is 356 g/mol. The van der Waals surface area contributed by atoms with E-state index < -0.39 is 0 Å². The molecule has 4 atom stereocenters. The number of imide groups is 1. The van der Waals surface area contributed by atoms with Gasteiger partial charge in [-0.2, -0.15) is 0 Å². The Balaban J connectivity index is 1.52. The van der Waals surface area contributed by atoms with Crippen molar-refractivity contribution in [1.82, 2.24) is 4.57 Å². The summed E-state index contributed by atoms with van der Waals surface area (Å²) < 4.78 is 2.28. The van der Waals surface area contributed by atoms with Crippen molar-refractivity contribution in [3.8, 4) is 0 Å². The van der Waals surface area contributed by atoms with Crippen molar-refractivity contribution < 1.29 is 9.59 Å². The quantitative estimate of drug-likeness (QED) is 0.512. The Morgan fingerprint density at radius 2 is 1.56 bits per heavy atom. The average Bonchev–Trinajstić information content (AvgIpc) is 3.43. The van der Waals surface area contributed by atoms with Crippen molar-refractivity contribution in [1.29, 1.82) is 0 Å². The van der Waals surface area contributed by atoms with E-state index in [-0.39, 0.29) is 35.5 Å². The fourth-order valence-electron chi connectivity index (χ4n) is 5.68. The summed E-state index contributed by atoms with van der Waals surface area (Å²) in [5.74, 6) is 0.153. The second kappa shape index (κ2) is 5.10. The summed E-state index contributed by atoms with van der Waals surface area (Å²) in [6.45, 7) is 3.02. The highest BCUT2D eigenvalue weighted by molar-refractivity contribution is 6.23. The number of nitrogens with zero attached hydrogens (tertiary/aromatic N) is 2. The van der Waals surface area contributed by atoms with Crippen LogP contribution in [0.2, 0.25) is 0 Å². The van der Waals surface area contributed by atoms with Gasteiger partial charge in [-0.05, 0) is 49.4 Å². The van der Waals surface area contributed by atoms with Crippen LogP contribution in [0.25, 0.3) is 21.8 Å². The van der Waals surface area contributed by atoms with Crippen molar-refractivity contribution in [3.05, 3.63) is 54.6 Å². The maximum absolute atomic E-state index is 13.1. The van der Waals surface area contributed by atoms with E-state index in [2.05, 4.69) is 41.8 Å². The number of aromatic nitrogens is 1. The van der Waals surface area contributed by atoms with Crippen molar-refractivity contribution in [3.63, 3.8) is 0 Å². The van der Waals surface area contributed by atoms with Crippen LogP contribution in [0.3, 0.4) is 0 Å². The normalized spacial score (nSPS) is 28.9. The predicted molar refractivity (Wildman–Crippen MR) is 105 cm³/mol. The first-order chi connectivity index (χ1) is 13.2. The molecule has 2 aromatic carbocycles.